The smallest absolute Gasteiger partial charge is 0.371 e. The third kappa shape index (κ3) is 26.9. The molecule has 0 amide bonds. The average Bonchev–Trinajstić information content (AvgIpc) is 3.36. The summed E-state index contributed by atoms with van der Waals surface area (Å²) in [6.07, 6.45) is 19.5. The molecule has 0 aliphatic rings. The van der Waals surface area contributed by atoms with Crippen LogP contribution in [-0.2, 0) is 0 Å². The quantitative estimate of drug-likeness (QED) is 0.0873. The molecule has 0 fully saturated rings. The zero-order chi connectivity index (χ0) is 28.3. The first kappa shape index (κ1) is 37.2. The van der Waals surface area contributed by atoms with Gasteiger partial charge in [-0.15, -0.1) is 0 Å². The van der Waals surface area contributed by atoms with Crippen LogP contribution < -0.4 is 0 Å². The second-order valence-electron chi connectivity index (χ2n) is 9.26. The summed E-state index contributed by atoms with van der Waals surface area (Å²) in [6, 6.07) is 2.18. The lowest BCUT2D eigenvalue weighted by atomic mass is 10.0. The molecule has 0 aliphatic heterocycles. The number of rotatable bonds is 20. The van der Waals surface area contributed by atoms with Gasteiger partial charge < -0.3 is 35.1 Å². The zero-order valence-electron chi connectivity index (χ0n) is 22.9. The van der Waals surface area contributed by atoms with Crippen molar-refractivity contribution >= 4 is 11.9 Å². The van der Waals surface area contributed by atoms with Crippen LogP contribution in [0.15, 0.2) is 16.5 Å². The summed E-state index contributed by atoms with van der Waals surface area (Å²) in [7, 11) is 0. The first-order valence-electron chi connectivity index (χ1n) is 13.9. The van der Waals surface area contributed by atoms with Gasteiger partial charge in [0.15, 0.2) is 6.29 Å². The van der Waals surface area contributed by atoms with Crippen LogP contribution in [0.4, 0.5) is 0 Å². The van der Waals surface area contributed by atoms with Crippen LogP contribution in [0.1, 0.15) is 144 Å². The van der Waals surface area contributed by atoms with E-state index in [0.29, 0.717) is 6.42 Å². The summed E-state index contributed by atoms with van der Waals surface area (Å²) >= 11 is 0. The van der Waals surface area contributed by atoms with Gasteiger partial charge in [-0.1, -0.05) is 110 Å². The van der Waals surface area contributed by atoms with Gasteiger partial charge in [-0.05, 0) is 25.0 Å². The van der Waals surface area contributed by atoms with E-state index in [4.69, 9.17) is 25.5 Å². The third-order valence-corrected chi connectivity index (χ3v) is 5.68. The number of hydrogen-bond acceptors (Lipinski definition) is 7. The van der Waals surface area contributed by atoms with E-state index in [1.165, 1.54) is 83.5 Å². The Balaban J connectivity index is 0. The van der Waals surface area contributed by atoms with Gasteiger partial charge in [-0.3, -0.25) is 0 Å². The maximum atomic E-state index is 10.2. The summed E-state index contributed by atoms with van der Waals surface area (Å²) in [6.45, 7) is 4.09. The zero-order valence-corrected chi connectivity index (χ0v) is 22.9. The normalized spacial score (nSPS) is 11.3. The van der Waals surface area contributed by atoms with Crippen LogP contribution in [0.5, 0.6) is 0 Å². The maximum Gasteiger partial charge on any atom is 0.371 e. The van der Waals surface area contributed by atoms with Gasteiger partial charge >= 0.3 is 11.9 Å². The van der Waals surface area contributed by atoms with Crippen molar-refractivity contribution in [3.05, 3.63) is 23.7 Å². The van der Waals surface area contributed by atoms with Crippen LogP contribution in [-0.4, -0.2) is 61.6 Å². The predicted octanol–water partition coefficient (Wildman–Crippen LogP) is 5.98. The van der Waals surface area contributed by atoms with E-state index >= 15 is 0 Å². The Morgan fingerprint density at radius 2 is 1.03 bits per heavy atom. The third-order valence-electron chi connectivity index (χ3n) is 5.68. The number of furan rings is 1. The lowest BCUT2D eigenvalue weighted by molar-refractivity contribution is -0.0453. The largest absolute Gasteiger partial charge is 0.475 e. The van der Waals surface area contributed by atoms with Crippen LogP contribution in [0.3, 0.4) is 0 Å². The Hall–Kier alpha value is -1.94. The van der Waals surface area contributed by atoms with Crippen molar-refractivity contribution in [2.24, 2.45) is 0 Å². The minimum atomic E-state index is -1.28. The van der Waals surface area contributed by atoms with Crippen molar-refractivity contribution in [2.45, 2.75) is 135 Å². The van der Waals surface area contributed by atoms with Crippen LogP contribution in [0, 0.1) is 0 Å². The van der Waals surface area contributed by atoms with Crippen molar-refractivity contribution < 1.29 is 44.6 Å². The highest BCUT2D eigenvalue weighted by molar-refractivity contribution is 5.88. The van der Waals surface area contributed by atoms with Crippen LogP contribution in [0.2, 0.25) is 0 Å². The number of aliphatic hydroxyl groups excluding tert-OH is 3. The molecule has 0 aromatic carbocycles. The Bertz CT molecular complexity index is 615. The highest BCUT2D eigenvalue weighted by Gasteiger charge is 2.12. The molecule has 1 aromatic heterocycles. The fourth-order valence-corrected chi connectivity index (χ4v) is 3.49. The Morgan fingerprint density at radius 3 is 1.27 bits per heavy atom. The molecule has 6 N–H and O–H groups in total. The molecular formula is C28H52O9. The van der Waals surface area contributed by atoms with E-state index in [1.54, 1.807) is 0 Å². The fourth-order valence-electron chi connectivity index (χ4n) is 3.49. The predicted molar refractivity (Wildman–Crippen MR) is 144 cm³/mol. The van der Waals surface area contributed by atoms with Gasteiger partial charge in [-0.25, -0.2) is 9.59 Å². The molecule has 218 valence electrons. The number of carboxylic acids is 2. The molecule has 0 radical (unpaired) electrons. The number of aromatic carboxylic acids is 2. The molecule has 37 heavy (non-hydrogen) atoms. The first-order chi connectivity index (χ1) is 17.7. The van der Waals surface area contributed by atoms with E-state index < -0.39 is 24.3 Å². The molecule has 0 bridgehead atoms. The number of carboxylic acid groups (broad SMARTS) is 2. The van der Waals surface area contributed by atoms with E-state index in [9.17, 15) is 14.7 Å². The lowest BCUT2D eigenvalue weighted by Gasteiger charge is -2.06. The summed E-state index contributed by atoms with van der Waals surface area (Å²) < 4.78 is 4.41. The van der Waals surface area contributed by atoms with Crippen molar-refractivity contribution in [3.63, 3.8) is 0 Å². The minimum absolute atomic E-state index is 0.0849. The second-order valence-corrected chi connectivity index (χ2v) is 9.26. The van der Waals surface area contributed by atoms with Gasteiger partial charge in [-0.2, -0.15) is 0 Å². The number of hydrogen-bond donors (Lipinski definition) is 6. The monoisotopic (exact) mass is 532 g/mol. The fraction of sp³-hybridized carbons (Fsp3) is 0.786. The first-order valence-corrected chi connectivity index (χ1v) is 13.9. The van der Waals surface area contributed by atoms with E-state index in [2.05, 4.69) is 11.3 Å². The summed E-state index contributed by atoms with van der Waals surface area (Å²) in [5, 5.41) is 50.7. The molecule has 1 unspecified atom stereocenters. The van der Waals surface area contributed by atoms with Crippen LogP contribution >= 0.6 is 0 Å². The Kier molecular flexibility index (Phi) is 27.3. The molecule has 1 rings (SSSR count). The molecule has 1 aromatic rings. The molecule has 0 saturated heterocycles. The van der Waals surface area contributed by atoms with E-state index in [0.717, 1.165) is 31.4 Å². The number of aliphatic hydroxyl groups is 4. The molecular weight excluding hydrogens is 480 g/mol. The maximum absolute atomic E-state index is 10.2. The molecule has 1 atom stereocenters. The number of unbranched alkanes of at least 4 members (excludes halogenated alkanes) is 13. The Labute approximate surface area is 222 Å². The summed E-state index contributed by atoms with van der Waals surface area (Å²) in [4.78, 5) is 20.3. The molecule has 1 heterocycles. The molecule has 0 aliphatic carbocycles. The highest BCUT2D eigenvalue weighted by atomic mass is 16.5. The SMILES string of the molecule is CCCC(O)O.CCCCCCCCCCCCCCCCC(O)CO.O=C(O)c1ccc(C(=O)O)o1. The van der Waals surface area contributed by atoms with Crippen molar-refractivity contribution in [3.8, 4) is 0 Å². The molecule has 0 saturated carbocycles. The van der Waals surface area contributed by atoms with Gasteiger partial charge in [0.25, 0.3) is 0 Å². The average molecular weight is 533 g/mol. The summed E-state index contributed by atoms with van der Waals surface area (Å²) in [5.41, 5.74) is 0. The lowest BCUT2D eigenvalue weighted by Crippen LogP contribution is -2.10. The van der Waals surface area contributed by atoms with Crippen molar-refractivity contribution in [1.82, 2.24) is 0 Å². The van der Waals surface area contributed by atoms with Crippen molar-refractivity contribution in [1.29, 1.82) is 0 Å². The van der Waals surface area contributed by atoms with Crippen LogP contribution in [0.25, 0.3) is 0 Å². The topological polar surface area (TPSA) is 169 Å². The summed E-state index contributed by atoms with van der Waals surface area (Å²) in [5.74, 6) is -3.31. The minimum Gasteiger partial charge on any atom is -0.475 e. The van der Waals surface area contributed by atoms with E-state index in [1.807, 2.05) is 6.92 Å². The highest BCUT2D eigenvalue weighted by Crippen LogP contribution is 2.13. The number of carbonyl (C=O) groups is 2. The van der Waals surface area contributed by atoms with Gasteiger partial charge in [0, 0.05) is 0 Å². The standard InChI is InChI=1S/C18H38O2.C6H4O5.C4H10O2/c1-2-3-4-5-6-7-8-9-10-11-12-13-14-15-16-18(20)17-19;7-5(8)3-1-2-4(11-3)6(9)10;1-2-3-4(5)6/h18-20H,2-17H2,1H3;1-2H,(H,7,8)(H,9,10);4-6H,2-3H2,1H3. The molecule has 0 spiro atoms. The van der Waals surface area contributed by atoms with E-state index in [-0.39, 0.29) is 18.1 Å². The molecule has 9 nitrogen and oxygen atoms in total. The Morgan fingerprint density at radius 1 is 0.649 bits per heavy atom. The second kappa shape index (κ2) is 27.1. The van der Waals surface area contributed by atoms with Gasteiger partial charge in [0.05, 0.1) is 12.7 Å². The van der Waals surface area contributed by atoms with Crippen molar-refractivity contribution in [2.75, 3.05) is 6.61 Å². The van der Waals surface area contributed by atoms with Gasteiger partial charge in [0.1, 0.15) is 0 Å². The van der Waals surface area contributed by atoms with Gasteiger partial charge in [0.2, 0.25) is 11.5 Å². The molecule has 9 heteroatoms.